The highest BCUT2D eigenvalue weighted by Gasteiger charge is 2.27. The molecule has 0 amide bonds. The fourth-order valence-electron chi connectivity index (χ4n) is 8.12. The first-order chi connectivity index (χ1) is 24.8. The molecule has 0 atom stereocenters. The van der Waals surface area contributed by atoms with Crippen LogP contribution in [0.5, 0.6) is 0 Å². The van der Waals surface area contributed by atoms with Crippen molar-refractivity contribution in [3.63, 3.8) is 0 Å². The minimum atomic E-state index is 0.666. The van der Waals surface area contributed by atoms with Crippen LogP contribution in [0, 0.1) is 0 Å². The summed E-state index contributed by atoms with van der Waals surface area (Å²) in [5.74, 6) is 0.666. The van der Waals surface area contributed by atoms with Gasteiger partial charge in [0.05, 0.1) is 33.6 Å². The summed E-state index contributed by atoms with van der Waals surface area (Å²) in [5.41, 5.74) is 14.8. The molecule has 0 bridgehead atoms. The van der Waals surface area contributed by atoms with Crippen LogP contribution in [0.25, 0.3) is 83.5 Å². The molecule has 2 aromatic heterocycles. The van der Waals surface area contributed by atoms with E-state index in [4.69, 9.17) is 15.0 Å². The Bertz CT molecular complexity index is 2950. The maximum atomic E-state index is 5.31. The summed E-state index contributed by atoms with van der Waals surface area (Å²) in [6.45, 7) is 0. The lowest BCUT2D eigenvalue weighted by Crippen LogP contribution is -2.09. The van der Waals surface area contributed by atoms with E-state index in [1.807, 2.05) is 12.1 Å². The first-order valence-electron chi connectivity index (χ1n) is 17.1. The van der Waals surface area contributed by atoms with Crippen molar-refractivity contribution in [2.45, 2.75) is 6.42 Å². The van der Waals surface area contributed by atoms with E-state index < -0.39 is 0 Å². The van der Waals surface area contributed by atoms with E-state index in [9.17, 15) is 0 Å². The average Bonchev–Trinajstić information content (AvgIpc) is 3.71. The van der Waals surface area contributed by atoms with E-state index in [1.54, 1.807) is 0 Å². The number of aromatic nitrogens is 3. The molecule has 1 aliphatic heterocycles. The number of allylic oxidation sites excluding steroid dienone is 1. The highest BCUT2D eigenvalue weighted by molar-refractivity contribution is 6.35. The fourth-order valence-corrected chi connectivity index (χ4v) is 8.12. The van der Waals surface area contributed by atoms with Gasteiger partial charge in [-0.3, -0.25) is 9.56 Å². The number of rotatable bonds is 3. The molecule has 0 unspecified atom stereocenters. The van der Waals surface area contributed by atoms with Gasteiger partial charge in [0.25, 0.3) is 0 Å². The number of fused-ring (bicyclic) bond motifs is 10. The predicted molar refractivity (Wildman–Crippen MR) is 207 cm³/mol. The lowest BCUT2D eigenvalue weighted by Gasteiger charge is -2.19. The Morgan fingerprint density at radius 3 is 2.26 bits per heavy atom. The molecule has 50 heavy (non-hydrogen) atoms. The first kappa shape index (κ1) is 27.3. The molecule has 0 saturated carbocycles. The molecule has 0 saturated heterocycles. The SMILES string of the molecule is C1=C2C(=Nc3ccccc32)Cc2cccc(-c3ccc4c(c3)c3c5ccccc5ccc3n4-c3nc(-c4ccccc4)c4ccccc4n3)c21. The van der Waals surface area contributed by atoms with Gasteiger partial charge in [0.1, 0.15) is 0 Å². The van der Waals surface area contributed by atoms with E-state index in [1.165, 1.54) is 54.9 Å². The molecule has 9 aromatic rings. The van der Waals surface area contributed by atoms with E-state index in [0.29, 0.717) is 5.95 Å². The molecule has 2 aliphatic rings. The topological polar surface area (TPSA) is 43.1 Å². The van der Waals surface area contributed by atoms with Gasteiger partial charge in [-0.1, -0.05) is 121 Å². The van der Waals surface area contributed by atoms with Crippen molar-refractivity contribution in [3.05, 3.63) is 168 Å². The number of hydrogen-bond acceptors (Lipinski definition) is 3. The minimum Gasteiger partial charge on any atom is -0.278 e. The van der Waals surface area contributed by atoms with Gasteiger partial charge in [-0.05, 0) is 69.4 Å². The Morgan fingerprint density at radius 2 is 1.32 bits per heavy atom. The summed E-state index contributed by atoms with van der Waals surface area (Å²) in [5, 5.41) is 5.86. The second-order valence-corrected chi connectivity index (χ2v) is 13.2. The summed E-state index contributed by atoms with van der Waals surface area (Å²) in [6.07, 6.45) is 3.19. The van der Waals surface area contributed by atoms with Crippen molar-refractivity contribution < 1.29 is 0 Å². The summed E-state index contributed by atoms with van der Waals surface area (Å²) in [4.78, 5) is 15.5. The van der Waals surface area contributed by atoms with Gasteiger partial charge in [0.2, 0.25) is 5.95 Å². The Balaban J connectivity index is 1.18. The zero-order valence-corrected chi connectivity index (χ0v) is 27.0. The molecule has 11 rings (SSSR count). The third-order valence-corrected chi connectivity index (χ3v) is 10.4. The molecule has 1 aliphatic carbocycles. The smallest absolute Gasteiger partial charge is 0.235 e. The Kier molecular flexibility index (Phi) is 5.69. The Hall–Kier alpha value is -6.65. The molecule has 0 radical (unpaired) electrons. The lowest BCUT2D eigenvalue weighted by atomic mass is 9.84. The number of aliphatic imine (C=N–C) groups is 1. The van der Waals surface area contributed by atoms with Gasteiger partial charge in [0, 0.05) is 39.3 Å². The summed E-state index contributed by atoms with van der Waals surface area (Å²) >= 11 is 0. The maximum absolute atomic E-state index is 5.31. The summed E-state index contributed by atoms with van der Waals surface area (Å²) in [7, 11) is 0. The molecule has 0 N–H and O–H groups in total. The van der Waals surface area contributed by atoms with E-state index in [0.717, 1.165) is 51.0 Å². The molecular formula is C46H28N4. The van der Waals surface area contributed by atoms with Gasteiger partial charge >= 0.3 is 0 Å². The van der Waals surface area contributed by atoms with Crippen LogP contribution in [0.15, 0.2) is 157 Å². The zero-order valence-electron chi connectivity index (χ0n) is 27.0. The van der Waals surface area contributed by atoms with E-state index in [2.05, 4.69) is 150 Å². The standard InChI is InChI=1S/C46H28N4/c1-2-12-29(13-3-1)45-35-17-7-9-20-40(35)48-46(49-45)50-42-23-22-31(25-38(42)44-33-15-5-4-11-28(33)21-24-43(44)50)32-18-10-14-30-26-41-37(27-36(30)32)34-16-6-8-19-39(34)47-41/h1-25,27H,26H2. The zero-order chi connectivity index (χ0) is 32.8. The molecule has 0 fully saturated rings. The third-order valence-electron chi connectivity index (χ3n) is 10.4. The highest BCUT2D eigenvalue weighted by Crippen LogP contribution is 2.44. The quantitative estimate of drug-likeness (QED) is 0.194. The van der Waals surface area contributed by atoms with Crippen molar-refractivity contribution in [1.29, 1.82) is 0 Å². The summed E-state index contributed by atoms with van der Waals surface area (Å²) in [6, 6.07) is 53.9. The highest BCUT2D eigenvalue weighted by atomic mass is 15.2. The van der Waals surface area contributed by atoms with Crippen LogP contribution in [0.3, 0.4) is 0 Å². The van der Waals surface area contributed by atoms with Crippen LogP contribution in [-0.4, -0.2) is 20.2 Å². The second-order valence-electron chi connectivity index (χ2n) is 13.2. The van der Waals surface area contributed by atoms with Crippen LogP contribution < -0.4 is 0 Å². The lowest BCUT2D eigenvalue weighted by molar-refractivity contribution is 1.01. The molecule has 3 heterocycles. The number of para-hydroxylation sites is 2. The Morgan fingerprint density at radius 1 is 0.540 bits per heavy atom. The van der Waals surface area contributed by atoms with Gasteiger partial charge in [-0.2, -0.15) is 0 Å². The third kappa shape index (κ3) is 3.96. The van der Waals surface area contributed by atoms with E-state index >= 15 is 0 Å². The monoisotopic (exact) mass is 636 g/mol. The normalized spacial score (nSPS) is 13.4. The number of benzene rings is 7. The van der Waals surface area contributed by atoms with Crippen molar-refractivity contribution >= 4 is 66.5 Å². The number of nitrogens with zero attached hydrogens (tertiary/aromatic N) is 4. The van der Waals surface area contributed by atoms with Gasteiger partial charge in [0.15, 0.2) is 0 Å². The average molecular weight is 637 g/mol. The number of hydrogen-bond donors (Lipinski definition) is 0. The maximum Gasteiger partial charge on any atom is 0.235 e. The largest absolute Gasteiger partial charge is 0.278 e. The predicted octanol–water partition coefficient (Wildman–Crippen LogP) is 11.4. The van der Waals surface area contributed by atoms with Crippen molar-refractivity contribution in [2.75, 3.05) is 0 Å². The van der Waals surface area contributed by atoms with Crippen LogP contribution in [0.4, 0.5) is 5.69 Å². The van der Waals surface area contributed by atoms with Crippen LogP contribution >= 0.6 is 0 Å². The van der Waals surface area contributed by atoms with Gasteiger partial charge in [-0.15, -0.1) is 0 Å². The van der Waals surface area contributed by atoms with E-state index in [-0.39, 0.29) is 0 Å². The second kappa shape index (κ2) is 10.4. The van der Waals surface area contributed by atoms with Crippen LogP contribution in [0.1, 0.15) is 16.7 Å². The first-order valence-corrected chi connectivity index (χ1v) is 17.1. The van der Waals surface area contributed by atoms with Crippen molar-refractivity contribution in [3.8, 4) is 28.3 Å². The molecule has 0 spiro atoms. The Labute approximate surface area is 288 Å². The molecular weight excluding hydrogens is 609 g/mol. The van der Waals surface area contributed by atoms with Crippen LogP contribution in [-0.2, 0) is 6.42 Å². The molecule has 7 aromatic carbocycles. The minimum absolute atomic E-state index is 0.666. The van der Waals surface area contributed by atoms with Crippen LogP contribution in [0.2, 0.25) is 0 Å². The molecule has 232 valence electrons. The van der Waals surface area contributed by atoms with Crippen molar-refractivity contribution in [1.82, 2.24) is 14.5 Å². The van der Waals surface area contributed by atoms with Crippen molar-refractivity contribution in [2.24, 2.45) is 4.99 Å². The fraction of sp³-hybridized carbons (Fsp3) is 0.0217. The van der Waals surface area contributed by atoms with Gasteiger partial charge in [-0.25, -0.2) is 9.97 Å². The summed E-state index contributed by atoms with van der Waals surface area (Å²) < 4.78 is 2.25. The molecule has 4 heteroatoms. The molecule has 4 nitrogen and oxygen atoms in total. The van der Waals surface area contributed by atoms with Gasteiger partial charge < -0.3 is 0 Å².